The highest BCUT2D eigenvalue weighted by Crippen LogP contribution is 2.45. The van der Waals surface area contributed by atoms with Gasteiger partial charge in [0.15, 0.2) is 12.2 Å². The number of carbonyl (C=O) groups excluding carboxylic acids is 4. The lowest BCUT2D eigenvalue weighted by Crippen LogP contribution is -2.30. The molecule has 534 valence electrons. The second-order valence-electron chi connectivity index (χ2n) is 27.3. The highest BCUT2D eigenvalue weighted by Gasteiger charge is 2.30. The van der Waals surface area contributed by atoms with Gasteiger partial charge < -0.3 is 33.8 Å². The van der Waals surface area contributed by atoms with Gasteiger partial charge in [-0.05, 0) is 49.4 Å². The molecular formula is C71H138O17P2. The molecule has 19 heteroatoms. The van der Waals surface area contributed by atoms with Gasteiger partial charge in [0.25, 0.3) is 0 Å². The van der Waals surface area contributed by atoms with Crippen LogP contribution in [0.25, 0.3) is 0 Å². The van der Waals surface area contributed by atoms with Crippen LogP contribution in [0.1, 0.15) is 351 Å². The summed E-state index contributed by atoms with van der Waals surface area (Å²) >= 11 is 0. The molecule has 0 fully saturated rings. The Bertz CT molecular complexity index is 1780. The Labute approximate surface area is 549 Å². The summed E-state index contributed by atoms with van der Waals surface area (Å²) in [6.45, 7) is 14.1. The van der Waals surface area contributed by atoms with E-state index in [1.807, 2.05) is 0 Å². The van der Waals surface area contributed by atoms with E-state index in [-0.39, 0.29) is 25.7 Å². The highest BCUT2D eigenvalue weighted by molar-refractivity contribution is 7.47. The number of aliphatic hydroxyl groups excluding tert-OH is 1. The number of carbonyl (C=O) groups is 4. The molecular weight excluding hydrogens is 1190 g/mol. The van der Waals surface area contributed by atoms with Crippen molar-refractivity contribution >= 4 is 39.5 Å². The fraction of sp³-hybridized carbons (Fsp3) is 0.944. The first-order valence-electron chi connectivity index (χ1n) is 36.7. The second-order valence-corrected chi connectivity index (χ2v) is 30.2. The first-order chi connectivity index (χ1) is 43.1. The largest absolute Gasteiger partial charge is 0.472 e. The molecule has 0 aromatic carbocycles. The predicted octanol–water partition coefficient (Wildman–Crippen LogP) is 20.1. The van der Waals surface area contributed by atoms with E-state index in [1.54, 1.807) is 0 Å². The molecule has 0 aliphatic heterocycles. The molecule has 0 bridgehead atoms. The average Bonchev–Trinajstić information content (AvgIpc) is 3.03. The fourth-order valence-electron chi connectivity index (χ4n) is 10.6. The maximum absolute atomic E-state index is 13.0. The van der Waals surface area contributed by atoms with Gasteiger partial charge in [-0.3, -0.25) is 37.3 Å². The fourth-order valence-corrected chi connectivity index (χ4v) is 12.2. The van der Waals surface area contributed by atoms with Crippen molar-refractivity contribution < 1.29 is 80.2 Å². The Balaban J connectivity index is 5.24. The van der Waals surface area contributed by atoms with Crippen LogP contribution in [0.3, 0.4) is 0 Å². The van der Waals surface area contributed by atoms with Crippen molar-refractivity contribution in [2.24, 2.45) is 23.7 Å². The number of phosphoric ester groups is 2. The van der Waals surface area contributed by atoms with Gasteiger partial charge in [0.1, 0.15) is 19.3 Å². The molecule has 0 heterocycles. The predicted molar refractivity (Wildman–Crippen MR) is 363 cm³/mol. The van der Waals surface area contributed by atoms with Gasteiger partial charge in [-0.25, -0.2) is 9.13 Å². The molecule has 0 rings (SSSR count). The zero-order valence-electron chi connectivity index (χ0n) is 58.8. The number of hydrogen-bond acceptors (Lipinski definition) is 15. The minimum Gasteiger partial charge on any atom is -0.462 e. The van der Waals surface area contributed by atoms with Crippen LogP contribution in [0.5, 0.6) is 0 Å². The molecule has 6 atom stereocenters. The standard InChI is InChI=1S/C71H138O17P2/c1-9-64(8)50-42-34-25-21-22-26-35-43-51-68(73)81-57-66(87-71(76)54-46-38-28-20-16-15-18-24-32-40-48-62(4)5)59-85-89(77,78)83-55-65(72)56-84-90(79,80)86-60-67(58-82-69(74)52-44-36-30-29-33-41-49-63(6)7)88-70(75)53-45-37-27-19-14-12-10-11-13-17-23-31-39-47-61(2)3/h61-67,72H,9-60H2,1-8H3,(H,77,78)(H,79,80)/t64?,65-,66-,67-/m1/s1. The van der Waals surface area contributed by atoms with Gasteiger partial charge in [-0.15, -0.1) is 0 Å². The normalized spacial score (nSPS) is 14.6. The molecule has 0 saturated heterocycles. The number of esters is 4. The number of phosphoric acid groups is 2. The first-order valence-corrected chi connectivity index (χ1v) is 39.7. The smallest absolute Gasteiger partial charge is 0.462 e. The topological polar surface area (TPSA) is 237 Å². The molecule has 0 aromatic heterocycles. The third-order valence-corrected chi connectivity index (χ3v) is 18.6. The Morgan fingerprint density at radius 2 is 0.533 bits per heavy atom. The minimum atomic E-state index is -4.95. The lowest BCUT2D eigenvalue weighted by Gasteiger charge is -2.21. The molecule has 3 unspecified atom stereocenters. The summed E-state index contributed by atoms with van der Waals surface area (Å²) in [5.74, 6) is 0.866. The maximum atomic E-state index is 13.0. The van der Waals surface area contributed by atoms with E-state index in [0.717, 1.165) is 114 Å². The monoisotopic (exact) mass is 1320 g/mol. The number of unbranched alkanes of at least 4 members (excludes halogenated alkanes) is 33. The van der Waals surface area contributed by atoms with E-state index in [1.165, 1.54) is 148 Å². The zero-order valence-corrected chi connectivity index (χ0v) is 60.6. The minimum absolute atomic E-state index is 0.105. The van der Waals surface area contributed by atoms with Gasteiger partial charge in [0.2, 0.25) is 0 Å². The molecule has 0 aliphatic rings. The quantitative estimate of drug-likeness (QED) is 0.0222. The molecule has 3 N–H and O–H groups in total. The van der Waals surface area contributed by atoms with Gasteiger partial charge >= 0.3 is 39.5 Å². The van der Waals surface area contributed by atoms with Crippen LogP contribution in [0, 0.1) is 23.7 Å². The molecule has 90 heavy (non-hydrogen) atoms. The summed E-state index contributed by atoms with van der Waals surface area (Å²) in [4.78, 5) is 72.6. The van der Waals surface area contributed by atoms with Crippen LogP contribution < -0.4 is 0 Å². The Morgan fingerprint density at radius 3 is 0.789 bits per heavy atom. The van der Waals surface area contributed by atoms with Crippen molar-refractivity contribution in [3.05, 3.63) is 0 Å². The molecule has 0 radical (unpaired) electrons. The van der Waals surface area contributed by atoms with Gasteiger partial charge in [0, 0.05) is 25.7 Å². The molecule has 0 aromatic rings. The third-order valence-electron chi connectivity index (χ3n) is 16.7. The Hall–Kier alpha value is -1.94. The van der Waals surface area contributed by atoms with Crippen molar-refractivity contribution in [2.75, 3.05) is 39.6 Å². The van der Waals surface area contributed by atoms with Crippen molar-refractivity contribution in [1.29, 1.82) is 0 Å². The second kappa shape index (κ2) is 60.7. The van der Waals surface area contributed by atoms with Gasteiger partial charge in [-0.2, -0.15) is 0 Å². The number of ether oxygens (including phenoxy) is 4. The zero-order chi connectivity index (χ0) is 66.8. The van der Waals surface area contributed by atoms with E-state index in [4.69, 9.17) is 37.0 Å². The van der Waals surface area contributed by atoms with Crippen LogP contribution >= 0.6 is 15.6 Å². The Morgan fingerprint density at radius 1 is 0.311 bits per heavy atom. The molecule has 17 nitrogen and oxygen atoms in total. The van der Waals surface area contributed by atoms with Crippen molar-refractivity contribution in [2.45, 2.75) is 369 Å². The van der Waals surface area contributed by atoms with E-state index in [9.17, 15) is 43.2 Å². The van der Waals surface area contributed by atoms with E-state index >= 15 is 0 Å². The van der Waals surface area contributed by atoms with E-state index in [2.05, 4.69) is 55.4 Å². The van der Waals surface area contributed by atoms with Crippen molar-refractivity contribution in [3.63, 3.8) is 0 Å². The maximum Gasteiger partial charge on any atom is 0.472 e. The van der Waals surface area contributed by atoms with Crippen LogP contribution in [0.2, 0.25) is 0 Å². The molecule has 0 saturated carbocycles. The van der Waals surface area contributed by atoms with Crippen molar-refractivity contribution in [3.8, 4) is 0 Å². The third kappa shape index (κ3) is 63.5. The van der Waals surface area contributed by atoms with E-state index < -0.39 is 97.5 Å². The van der Waals surface area contributed by atoms with Gasteiger partial charge in [0.05, 0.1) is 26.4 Å². The molecule has 0 amide bonds. The van der Waals surface area contributed by atoms with Crippen LogP contribution in [0.15, 0.2) is 0 Å². The van der Waals surface area contributed by atoms with Gasteiger partial charge in [-0.1, -0.05) is 299 Å². The van der Waals surface area contributed by atoms with Crippen LogP contribution in [-0.4, -0.2) is 96.7 Å². The van der Waals surface area contributed by atoms with Crippen LogP contribution in [-0.2, 0) is 65.4 Å². The Kier molecular flexibility index (Phi) is 59.4. The molecule has 0 aliphatic carbocycles. The SMILES string of the molecule is CCC(C)CCCCCCCCCCC(=O)OC[C@H](COP(=O)(O)OC[C@@H](O)COP(=O)(O)OC[C@@H](COC(=O)CCCCCCCCC(C)C)OC(=O)CCCCCCCCCCCCCCCC(C)C)OC(=O)CCCCCCCCCCCCC(C)C. The lowest BCUT2D eigenvalue weighted by molar-refractivity contribution is -0.161. The number of rotatable bonds is 68. The van der Waals surface area contributed by atoms with Crippen LogP contribution in [0.4, 0.5) is 0 Å². The number of aliphatic hydroxyl groups is 1. The number of hydrogen-bond donors (Lipinski definition) is 3. The average molecular weight is 1330 g/mol. The summed E-state index contributed by atoms with van der Waals surface area (Å²) in [5.41, 5.74) is 0. The summed E-state index contributed by atoms with van der Waals surface area (Å²) in [7, 11) is -9.90. The molecule has 0 spiro atoms. The summed E-state index contributed by atoms with van der Waals surface area (Å²) in [6, 6.07) is 0. The summed E-state index contributed by atoms with van der Waals surface area (Å²) in [5, 5.41) is 10.6. The van der Waals surface area contributed by atoms with Crippen molar-refractivity contribution in [1.82, 2.24) is 0 Å². The summed E-state index contributed by atoms with van der Waals surface area (Å²) < 4.78 is 68.3. The summed E-state index contributed by atoms with van der Waals surface area (Å²) in [6.07, 6.45) is 43.1. The van der Waals surface area contributed by atoms with E-state index in [0.29, 0.717) is 31.6 Å². The lowest BCUT2D eigenvalue weighted by atomic mass is 9.99. The first kappa shape index (κ1) is 88.1. The highest BCUT2D eigenvalue weighted by atomic mass is 31.2.